The molecule has 0 bridgehead atoms. The molecule has 64 heavy (non-hydrogen) atoms. The third kappa shape index (κ3) is 13.1. The van der Waals surface area contributed by atoms with Crippen LogP contribution < -0.4 is 28.4 Å². The zero-order valence-corrected chi connectivity index (χ0v) is 48.8. The smallest absolute Gasteiger partial charge is 0.189 e. The Bertz CT molecular complexity index is 2440. The minimum absolute atomic E-state index is 0.222. The maximum atomic E-state index is 6.52. The first-order chi connectivity index (χ1) is 31.1. The molecule has 0 fully saturated rings. The third-order valence-electron chi connectivity index (χ3n) is 9.79. The molecule has 1 heterocycles. The quantitative estimate of drug-likeness (QED) is 0.0309. The first-order valence-electron chi connectivity index (χ1n) is 20.2. The number of hydrogen-bond donors (Lipinski definition) is 1. The number of halogens is 6. The van der Waals surface area contributed by atoms with Gasteiger partial charge in [0.1, 0.15) is 54.3 Å². The van der Waals surface area contributed by atoms with Crippen LogP contribution in [0.2, 0.25) is 0 Å². The molecule has 16 heteroatoms. The Labute approximate surface area is 459 Å². The number of rotatable bonds is 22. The lowest BCUT2D eigenvalue weighted by Crippen LogP contribution is -2.05. The van der Waals surface area contributed by atoms with Gasteiger partial charge < -0.3 is 42.6 Å². The van der Waals surface area contributed by atoms with E-state index in [9.17, 15) is 0 Å². The third-order valence-corrected chi connectivity index (χ3v) is 17.9. The van der Waals surface area contributed by atoms with Gasteiger partial charge in [0.15, 0.2) is 20.4 Å². The van der Waals surface area contributed by atoms with Gasteiger partial charge in [-0.05, 0) is 269 Å². The zero-order chi connectivity index (χ0) is 45.2. The minimum atomic E-state index is -0.873. The number of benzene rings is 6. The van der Waals surface area contributed by atoms with E-state index in [0.29, 0.717) is 39.6 Å². The first-order valence-corrected chi connectivity index (χ1v) is 28.0. The fraction of sp³-hybridized carbons (Fsp3) is 0.250. The second-order valence-electron chi connectivity index (χ2n) is 13.9. The van der Waals surface area contributed by atoms with E-state index < -0.39 is 10.9 Å². The minimum Gasteiger partial charge on any atom is -0.489 e. The van der Waals surface area contributed by atoms with Crippen LogP contribution in [0.1, 0.15) is 37.5 Å². The maximum absolute atomic E-state index is 6.52. The van der Waals surface area contributed by atoms with Crippen LogP contribution in [-0.2, 0) is 34.0 Å². The summed E-state index contributed by atoms with van der Waals surface area (Å²) < 4.78 is 59.3. The van der Waals surface area contributed by atoms with E-state index in [0.717, 1.165) is 83.7 Å². The first kappa shape index (κ1) is 50.6. The fourth-order valence-electron chi connectivity index (χ4n) is 6.55. The van der Waals surface area contributed by atoms with Gasteiger partial charge in [0.05, 0.1) is 10.7 Å². The van der Waals surface area contributed by atoms with Crippen molar-refractivity contribution in [3.05, 3.63) is 135 Å². The molecule has 7 rings (SSSR count). The summed E-state index contributed by atoms with van der Waals surface area (Å²) >= 11 is 13.9. The number of fused-ring (bicyclic) bond motifs is 3. The predicted octanol–water partition coefficient (Wildman–Crippen LogP) is 14.6. The molecule has 0 saturated carbocycles. The molecule has 6 aromatic rings. The summed E-state index contributed by atoms with van der Waals surface area (Å²) in [5.74, 6) is 4.82. The average Bonchev–Trinajstić information content (AvgIpc) is 3.61. The molecule has 1 aliphatic heterocycles. The van der Waals surface area contributed by atoms with Crippen molar-refractivity contribution in [2.75, 3.05) is 40.2 Å². The maximum Gasteiger partial charge on any atom is 0.189 e. The van der Waals surface area contributed by atoms with Crippen molar-refractivity contribution in [1.29, 1.82) is 0 Å². The molecule has 0 amide bonds. The lowest BCUT2D eigenvalue weighted by molar-refractivity contribution is 0.0216. The van der Waals surface area contributed by atoms with Crippen LogP contribution >= 0.6 is 146 Å². The van der Waals surface area contributed by atoms with Crippen molar-refractivity contribution < 1.29 is 42.6 Å². The highest BCUT2D eigenvalue weighted by Gasteiger charge is 2.29. The second kappa shape index (κ2) is 24.8. The normalized spacial score (nSPS) is 12.2. The molecule has 0 radical (unpaired) electrons. The second-order valence-corrected chi connectivity index (χ2v) is 23.1. The lowest BCUT2D eigenvalue weighted by atomic mass is 10.1. The van der Waals surface area contributed by atoms with Gasteiger partial charge in [-0.25, -0.2) is 0 Å². The molecule has 0 aromatic heterocycles. The van der Waals surface area contributed by atoms with Gasteiger partial charge in [-0.3, -0.25) is 0 Å². The molecule has 0 spiro atoms. The highest BCUT2D eigenvalue weighted by Crippen LogP contribution is 2.63. The van der Waals surface area contributed by atoms with Gasteiger partial charge in [-0.2, -0.15) is 10.9 Å². The lowest BCUT2D eigenvalue weighted by Gasteiger charge is -2.20. The van der Waals surface area contributed by atoms with Crippen molar-refractivity contribution in [2.24, 2.45) is 0 Å². The highest BCUT2D eigenvalue weighted by molar-refractivity contribution is 14.1. The molecule has 0 unspecified atom stereocenters. The van der Waals surface area contributed by atoms with Gasteiger partial charge in [-0.15, -0.1) is 0 Å². The molecular formula is C48H44I6O9S. The fourth-order valence-corrected chi connectivity index (χ4v) is 13.0. The number of hydrogen-bond acceptors (Lipinski definition) is 9. The summed E-state index contributed by atoms with van der Waals surface area (Å²) in [5.41, 5.74) is 5.55. The summed E-state index contributed by atoms with van der Waals surface area (Å²) in [4.78, 5) is 3.77. The molecule has 0 saturated heterocycles. The van der Waals surface area contributed by atoms with E-state index in [1.165, 1.54) is 14.7 Å². The zero-order valence-electron chi connectivity index (χ0n) is 35.0. The van der Waals surface area contributed by atoms with Crippen LogP contribution in [0.4, 0.5) is 0 Å². The molecule has 0 atom stereocenters. The Hall–Kier alpha value is -1.27. The molecular weight excluding hydrogens is 1510 g/mol. The largest absolute Gasteiger partial charge is 0.489 e. The topological polar surface area (TPSA) is 83.1 Å². The van der Waals surface area contributed by atoms with Crippen LogP contribution in [0.3, 0.4) is 0 Å². The van der Waals surface area contributed by atoms with E-state index in [2.05, 4.69) is 214 Å². The molecule has 1 aliphatic rings. The average molecular weight is 1560 g/mol. The van der Waals surface area contributed by atoms with Crippen molar-refractivity contribution in [3.8, 4) is 45.6 Å². The highest BCUT2D eigenvalue weighted by atomic mass is 127. The Morgan fingerprint density at radius 3 is 1.08 bits per heavy atom. The summed E-state index contributed by atoms with van der Waals surface area (Å²) in [5, 5.41) is 0. The van der Waals surface area contributed by atoms with E-state index >= 15 is 0 Å². The Balaban J connectivity index is 1.12. The van der Waals surface area contributed by atoms with Crippen molar-refractivity contribution in [1.82, 2.24) is 0 Å². The molecule has 338 valence electrons. The van der Waals surface area contributed by atoms with E-state index in [1.54, 1.807) is 0 Å². The van der Waals surface area contributed by atoms with Crippen molar-refractivity contribution in [2.45, 2.75) is 55.3 Å². The van der Waals surface area contributed by atoms with Gasteiger partial charge in [0.25, 0.3) is 0 Å². The predicted molar refractivity (Wildman–Crippen MR) is 302 cm³/mol. The van der Waals surface area contributed by atoms with Crippen LogP contribution in [0, 0.1) is 21.4 Å². The summed E-state index contributed by atoms with van der Waals surface area (Å²) in [6, 6.07) is 34.0. The molecule has 0 N–H and O–H groups in total. The van der Waals surface area contributed by atoms with Crippen LogP contribution in [-0.4, -0.2) is 40.2 Å². The summed E-state index contributed by atoms with van der Waals surface area (Å²) in [7, 11) is -0.873. The SMILES string of the molecule is CCOCOc1cc(I)c(COc2ccc([SH]3c4ccc(OCc5cc(I)c(OCOCC)cc5I)cc4-c4cc(OCc5cc(I)c(OCOCC)cc5I)ccc43)cc2)cc1I. The van der Waals surface area contributed by atoms with Crippen molar-refractivity contribution >= 4 is 146 Å². The van der Waals surface area contributed by atoms with Crippen LogP contribution in [0.25, 0.3) is 11.1 Å². The summed E-state index contributed by atoms with van der Waals surface area (Å²) in [6.45, 7) is 9.62. The Morgan fingerprint density at radius 2 is 0.719 bits per heavy atom. The van der Waals surface area contributed by atoms with Gasteiger partial charge in [0.2, 0.25) is 0 Å². The van der Waals surface area contributed by atoms with E-state index in [1.807, 2.05) is 39.0 Å². The molecule has 6 aromatic carbocycles. The monoisotopic (exact) mass is 1560 g/mol. The van der Waals surface area contributed by atoms with Crippen molar-refractivity contribution in [3.63, 3.8) is 0 Å². The van der Waals surface area contributed by atoms with Gasteiger partial charge in [0, 0.05) is 57.0 Å². The summed E-state index contributed by atoms with van der Waals surface area (Å²) in [6.07, 6.45) is 0. The molecule has 9 nitrogen and oxygen atoms in total. The van der Waals surface area contributed by atoms with Crippen LogP contribution in [0.5, 0.6) is 34.5 Å². The Morgan fingerprint density at radius 1 is 0.375 bits per heavy atom. The van der Waals surface area contributed by atoms with Gasteiger partial charge >= 0.3 is 0 Å². The number of thiol groups is 1. The standard InChI is InChI=1S/C48H44I6O9S/c1-4-55-26-61-44-20-38(49)29(15-41(44)52)23-58-32-7-11-35(12-8-32)64-47-13-9-33(59-24-30-16-42(53)45(21-39(30)50)62-27-56-5-2)18-36(47)37-19-34(10-14-48(37)64)60-25-31-17-43(54)46(22-40(31)51)63-28-57-6-3/h7-22,64H,4-6,23-28H2,1-3H3. The Kier molecular flexibility index (Phi) is 19.6. The van der Waals surface area contributed by atoms with E-state index in [4.69, 9.17) is 42.6 Å². The van der Waals surface area contributed by atoms with Gasteiger partial charge in [-0.1, -0.05) is 0 Å². The molecule has 0 aliphatic carbocycles. The van der Waals surface area contributed by atoms with E-state index in [-0.39, 0.29) is 20.4 Å². The number of ether oxygens (including phenoxy) is 9. The van der Waals surface area contributed by atoms with Crippen LogP contribution in [0.15, 0.2) is 112 Å².